The van der Waals surface area contributed by atoms with Gasteiger partial charge in [-0.2, -0.15) is 0 Å². The van der Waals surface area contributed by atoms with Crippen molar-refractivity contribution in [2.45, 2.75) is 33.2 Å². The molecule has 0 spiro atoms. The number of carboxylic acids is 1. The number of rotatable bonds is 3. The van der Waals surface area contributed by atoms with E-state index in [1.54, 1.807) is 0 Å². The van der Waals surface area contributed by atoms with E-state index in [1.165, 1.54) is 0 Å². The average molecular weight is 248 g/mol. The third-order valence-electron chi connectivity index (χ3n) is 3.65. The predicted octanol–water partition coefficient (Wildman–Crippen LogP) is 2.08. The second-order valence-electron chi connectivity index (χ2n) is 5.51. The fourth-order valence-electron chi connectivity index (χ4n) is 2.48. The summed E-state index contributed by atoms with van der Waals surface area (Å²) in [6, 6.07) is 4.06. The molecule has 1 aliphatic rings. The van der Waals surface area contributed by atoms with Gasteiger partial charge in [-0.15, -0.1) is 0 Å². The summed E-state index contributed by atoms with van der Waals surface area (Å²) in [5.41, 5.74) is 1.55. The molecule has 0 amide bonds. The molecule has 2 heterocycles. The number of piperidine rings is 1. The van der Waals surface area contributed by atoms with Crippen LogP contribution in [0, 0.1) is 12.3 Å². The zero-order valence-electron chi connectivity index (χ0n) is 11.0. The number of hydrogen-bond acceptors (Lipinski definition) is 3. The molecule has 0 saturated carbocycles. The van der Waals surface area contributed by atoms with Crippen LogP contribution in [0.25, 0.3) is 0 Å². The van der Waals surface area contributed by atoms with Gasteiger partial charge in [-0.1, -0.05) is 6.07 Å². The quantitative estimate of drug-likeness (QED) is 0.889. The van der Waals surface area contributed by atoms with E-state index in [-0.39, 0.29) is 0 Å². The van der Waals surface area contributed by atoms with Crippen molar-refractivity contribution in [3.8, 4) is 0 Å². The molecule has 1 fully saturated rings. The highest BCUT2D eigenvalue weighted by atomic mass is 16.4. The summed E-state index contributed by atoms with van der Waals surface area (Å²) in [6.45, 7) is 6.16. The van der Waals surface area contributed by atoms with Crippen molar-refractivity contribution >= 4 is 5.97 Å². The topological polar surface area (TPSA) is 53.4 Å². The van der Waals surface area contributed by atoms with E-state index in [0.717, 1.165) is 37.2 Å². The fourth-order valence-corrected chi connectivity index (χ4v) is 2.48. The maximum atomic E-state index is 11.3. The Morgan fingerprint density at radius 2 is 2.33 bits per heavy atom. The predicted molar refractivity (Wildman–Crippen MR) is 69.2 cm³/mol. The SMILES string of the molecule is Cc1ccc(CN2CCCC(C)(C(=O)O)C2)nc1. The number of likely N-dealkylation sites (tertiary alicyclic amines) is 1. The Kier molecular flexibility index (Phi) is 3.66. The summed E-state index contributed by atoms with van der Waals surface area (Å²) in [5, 5.41) is 9.28. The summed E-state index contributed by atoms with van der Waals surface area (Å²) in [7, 11) is 0. The van der Waals surface area contributed by atoms with Gasteiger partial charge in [-0.25, -0.2) is 0 Å². The number of carbonyl (C=O) groups is 1. The number of carboxylic acid groups (broad SMARTS) is 1. The Bertz CT molecular complexity index is 430. The van der Waals surface area contributed by atoms with Gasteiger partial charge in [0.15, 0.2) is 0 Å². The summed E-state index contributed by atoms with van der Waals surface area (Å²) >= 11 is 0. The molecule has 0 radical (unpaired) electrons. The first-order valence-corrected chi connectivity index (χ1v) is 6.37. The summed E-state index contributed by atoms with van der Waals surface area (Å²) in [5.74, 6) is -0.691. The van der Waals surface area contributed by atoms with E-state index in [2.05, 4.69) is 9.88 Å². The van der Waals surface area contributed by atoms with E-state index in [0.29, 0.717) is 6.54 Å². The molecule has 4 heteroatoms. The molecule has 4 nitrogen and oxygen atoms in total. The van der Waals surface area contributed by atoms with Gasteiger partial charge in [0, 0.05) is 19.3 Å². The van der Waals surface area contributed by atoms with Crippen molar-refractivity contribution in [1.82, 2.24) is 9.88 Å². The molecule has 1 saturated heterocycles. The standard InChI is InChI=1S/C14H20N2O2/c1-11-4-5-12(15-8-11)9-16-7-3-6-14(2,10-16)13(17)18/h4-5,8H,3,6-7,9-10H2,1-2H3,(H,17,18). The van der Waals surface area contributed by atoms with Crippen LogP contribution >= 0.6 is 0 Å². The molecule has 1 N–H and O–H groups in total. The maximum absolute atomic E-state index is 11.3. The zero-order chi connectivity index (χ0) is 13.2. The normalized spacial score (nSPS) is 25.0. The Labute approximate surface area is 108 Å². The molecular formula is C14H20N2O2. The Morgan fingerprint density at radius 3 is 2.94 bits per heavy atom. The second kappa shape index (κ2) is 5.06. The van der Waals surface area contributed by atoms with Crippen molar-refractivity contribution in [3.05, 3.63) is 29.6 Å². The van der Waals surface area contributed by atoms with Gasteiger partial charge in [-0.05, 0) is 44.9 Å². The number of aliphatic carboxylic acids is 1. The van der Waals surface area contributed by atoms with Gasteiger partial charge in [0.1, 0.15) is 0 Å². The number of hydrogen-bond donors (Lipinski definition) is 1. The minimum atomic E-state index is -0.691. The van der Waals surface area contributed by atoms with Crippen molar-refractivity contribution < 1.29 is 9.90 Å². The number of nitrogens with zero attached hydrogens (tertiary/aromatic N) is 2. The van der Waals surface area contributed by atoms with E-state index in [4.69, 9.17) is 0 Å². The number of aromatic nitrogens is 1. The van der Waals surface area contributed by atoms with Gasteiger partial charge >= 0.3 is 5.97 Å². The van der Waals surface area contributed by atoms with Gasteiger partial charge in [0.25, 0.3) is 0 Å². The molecule has 18 heavy (non-hydrogen) atoms. The zero-order valence-corrected chi connectivity index (χ0v) is 11.0. The largest absolute Gasteiger partial charge is 0.481 e. The van der Waals surface area contributed by atoms with E-state index >= 15 is 0 Å². The van der Waals surface area contributed by atoms with E-state index in [9.17, 15) is 9.90 Å². The van der Waals surface area contributed by atoms with Crippen LogP contribution in [0.1, 0.15) is 31.0 Å². The van der Waals surface area contributed by atoms with Crippen LogP contribution in [0.2, 0.25) is 0 Å². The van der Waals surface area contributed by atoms with Crippen molar-refractivity contribution in [1.29, 1.82) is 0 Å². The first kappa shape index (κ1) is 13.0. The highest BCUT2D eigenvalue weighted by Crippen LogP contribution is 2.30. The van der Waals surface area contributed by atoms with Gasteiger partial charge in [-0.3, -0.25) is 14.7 Å². The molecule has 0 bridgehead atoms. The third-order valence-corrected chi connectivity index (χ3v) is 3.65. The van der Waals surface area contributed by atoms with Gasteiger partial charge < -0.3 is 5.11 Å². The number of pyridine rings is 1. The molecule has 0 aliphatic carbocycles. The molecule has 1 unspecified atom stereocenters. The third kappa shape index (κ3) is 2.88. The lowest BCUT2D eigenvalue weighted by Crippen LogP contribution is -2.45. The van der Waals surface area contributed by atoms with Crippen molar-refractivity contribution in [3.63, 3.8) is 0 Å². The molecule has 2 rings (SSSR count). The lowest BCUT2D eigenvalue weighted by molar-refractivity contribution is -0.151. The van der Waals surface area contributed by atoms with Crippen molar-refractivity contribution in [2.24, 2.45) is 5.41 Å². The Balaban J connectivity index is 2.02. The molecule has 98 valence electrons. The highest BCUT2D eigenvalue weighted by molar-refractivity contribution is 5.74. The van der Waals surface area contributed by atoms with Crippen LogP contribution < -0.4 is 0 Å². The second-order valence-corrected chi connectivity index (χ2v) is 5.51. The minimum absolute atomic E-state index is 0.608. The molecular weight excluding hydrogens is 228 g/mol. The smallest absolute Gasteiger partial charge is 0.310 e. The van der Waals surface area contributed by atoms with Gasteiger partial charge in [0.2, 0.25) is 0 Å². The molecule has 0 aromatic carbocycles. The van der Waals surface area contributed by atoms with Crippen molar-refractivity contribution in [2.75, 3.05) is 13.1 Å². The van der Waals surface area contributed by atoms with Crippen LogP contribution in [0.3, 0.4) is 0 Å². The summed E-state index contributed by atoms with van der Waals surface area (Å²) < 4.78 is 0. The number of aryl methyl sites for hydroxylation is 1. The Morgan fingerprint density at radius 1 is 1.56 bits per heavy atom. The monoisotopic (exact) mass is 248 g/mol. The Hall–Kier alpha value is -1.42. The van der Waals surface area contributed by atoms with Gasteiger partial charge in [0.05, 0.1) is 11.1 Å². The van der Waals surface area contributed by atoms with Crippen LogP contribution in [0.5, 0.6) is 0 Å². The first-order valence-electron chi connectivity index (χ1n) is 6.37. The highest BCUT2D eigenvalue weighted by Gasteiger charge is 2.37. The molecule has 1 aliphatic heterocycles. The lowest BCUT2D eigenvalue weighted by Gasteiger charge is -2.37. The van der Waals surface area contributed by atoms with Crippen LogP contribution in [0.15, 0.2) is 18.3 Å². The minimum Gasteiger partial charge on any atom is -0.481 e. The van der Waals surface area contributed by atoms with Crippen LogP contribution in [-0.4, -0.2) is 34.0 Å². The molecule has 1 aromatic heterocycles. The lowest BCUT2D eigenvalue weighted by atomic mass is 9.82. The average Bonchev–Trinajstić information content (AvgIpc) is 2.32. The summed E-state index contributed by atoms with van der Waals surface area (Å²) in [6.07, 6.45) is 3.56. The molecule has 1 atom stereocenters. The molecule has 1 aromatic rings. The maximum Gasteiger partial charge on any atom is 0.310 e. The van der Waals surface area contributed by atoms with Crippen LogP contribution in [0.4, 0.5) is 0 Å². The fraction of sp³-hybridized carbons (Fsp3) is 0.571. The van der Waals surface area contributed by atoms with Crippen LogP contribution in [-0.2, 0) is 11.3 Å². The van der Waals surface area contributed by atoms with E-state index < -0.39 is 11.4 Å². The van der Waals surface area contributed by atoms with E-state index in [1.807, 2.05) is 32.2 Å². The first-order chi connectivity index (χ1) is 8.49. The summed E-state index contributed by atoms with van der Waals surface area (Å²) in [4.78, 5) is 17.8.